The van der Waals surface area contributed by atoms with Crippen molar-refractivity contribution in [3.05, 3.63) is 46.3 Å². The Morgan fingerprint density at radius 3 is 2.30 bits per heavy atom. The first kappa shape index (κ1) is 24.9. The van der Waals surface area contributed by atoms with Crippen molar-refractivity contribution >= 4 is 44.2 Å². The van der Waals surface area contributed by atoms with Crippen LogP contribution in [0.4, 0.5) is 5.00 Å². The zero-order valence-electron chi connectivity index (χ0n) is 18.5. The number of benzene rings is 1. The first-order valence-corrected chi connectivity index (χ1v) is 12.9. The molecule has 1 aromatic heterocycles. The SMILES string of the molecule is CCOC(=O)c1cc(CC)sc1NC(=O)COC(=O)c1ccc(S(=O)(=O)N2CCCC2)cc1. The normalized spacial score (nSPS) is 14.1. The van der Waals surface area contributed by atoms with E-state index in [0.29, 0.717) is 24.5 Å². The van der Waals surface area contributed by atoms with E-state index in [0.717, 1.165) is 17.7 Å². The van der Waals surface area contributed by atoms with Crippen LogP contribution in [0.25, 0.3) is 0 Å². The highest BCUT2D eigenvalue weighted by Crippen LogP contribution is 2.29. The molecule has 0 spiro atoms. The summed E-state index contributed by atoms with van der Waals surface area (Å²) in [6.07, 6.45) is 2.35. The maximum Gasteiger partial charge on any atom is 0.341 e. The summed E-state index contributed by atoms with van der Waals surface area (Å²) in [7, 11) is -3.58. The lowest BCUT2D eigenvalue weighted by Crippen LogP contribution is -2.27. The van der Waals surface area contributed by atoms with Crippen molar-refractivity contribution in [2.45, 2.75) is 38.0 Å². The average Bonchev–Trinajstić information content (AvgIpc) is 3.48. The second-order valence-corrected chi connectivity index (χ2v) is 10.4. The lowest BCUT2D eigenvalue weighted by Gasteiger charge is -2.15. The number of ether oxygens (including phenoxy) is 2. The van der Waals surface area contributed by atoms with Gasteiger partial charge in [0.05, 0.1) is 22.6 Å². The maximum absolute atomic E-state index is 12.6. The van der Waals surface area contributed by atoms with Crippen LogP contribution in [-0.2, 0) is 30.7 Å². The number of esters is 2. The minimum absolute atomic E-state index is 0.106. The van der Waals surface area contributed by atoms with Crippen LogP contribution in [0.3, 0.4) is 0 Å². The first-order valence-electron chi connectivity index (χ1n) is 10.6. The predicted molar refractivity (Wildman–Crippen MR) is 123 cm³/mol. The summed E-state index contributed by atoms with van der Waals surface area (Å²) >= 11 is 1.25. The number of nitrogens with zero attached hydrogens (tertiary/aromatic N) is 1. The number of aryl methyl sites for hydroxylation is 1. The van der Waals surface area contributed by atoms with Gasteiger partial charge in [-0.3, -0.25) is 4.79 Å². The van der Waals surface area contributed by atoms with Crippen LogP contribution in [0.15, 0.2) is 35.2 Å². The molecular formula is C22H26N2O7S2. The van der Waals surface area contributed by atoms with Crippen molar-refractivity contribution < 1.29 is 32.3 Å². The highest BCUT2D eigenvalue weighted by molar-refractivity contribution is 7.89. The molecule has 0 aliphatic carbocycles. The van der Waals surface area contributed by atoms with Crippen LogP contribution in [0, 0.1) is 0 Å². The van der Waals surface area contributed by atoms with Crippen molar-refractivity contribution in [2.75, 3.05) is 31.6 Å². The Hall–Kier alpha value is -2.76. The number of nitrogens with one attached hydrogen (secondary N) is 1. The molecule has 2 heterocycles. The molecule has 178 valence electrons. The smallest absolute Gasteiger partial charge is 0.341 e. The molecule has 3 rings (SSSR count). The minimum Gasteiger partial charge on any atom is -0.462 e. The molecule has 9 nitrogen and oxygen atoms in total. The van der Waals surface area contributed by atoms with Gasteiger partial charge in [-0.2, -0.15) is 4.31 Å². The number of sulfonamides is 1. The Kier molecular flexibility index (Phi) is 8.22. The Morgan fingerprint density at radius 2 is 1.70 bits per heavy atom. The van der Waals surface area contributed by atoms with E-state index in [1.165, 1.54) is 39.9 Å². The van der Waals surface area contributed by atoms with Gasteiger partial charge in [0.25, 0.3) is 5.91 Å². The van der Waals surface area contributed by atoms with Gasteiger partial charge in [0, 0.05) is 18.0 Å². The van der Waals surface area contributed by atoms with Crippen LogP contribution in [-0.4, -0.2) is 56.9 Å². The van der Waals surface area contributed by atoms with Crippen LogP contribution in [0.1, 0.15) is 52.3 Å². The van der Waals surface area contributed by atoms with Gasteiger partial charge < -0.3 is 14.8 Å². The van der Waals surface area contributed by atoms with Crippen molar-refractivity contribution in [2.24, 2.45) is 0 Å². The standard InChI is InChI=1S/C22H26N2O7S2/c1-3-16-13-18(22(27)30-4-2)20(32-16)23-19(25)14-31-21(26)15-7-9-17(10-8-15)33(28,29)24-11-5-6-12-24/h7-10,13H,3-6,11-12,14H2,1-2H3,(H,23,25). The molecule has 1 N–H and O–H groups in total. The van der Waals surface area contributed by atoms with E-state index >= 15 is 0 Å². The van der Waals surface area contributed by atoms with Crippen molar-refractivity contribution in [3.8, 4) is 0 Å². The van der Waals surface area contributed by atoms with Gasteiger partial charge >= 0.3 is 11.9 Å². The number of anilines is 1. The summed E-state index contributed by atoms with van der Waals surface area (Å²) in [6, 6.07) is 7.09. The Bertz CT molecular complexity index is 1120. The number of hydrogen-bond acceptors (Lipinski definition) is 8. The van der Waals surface area contributed by atoms with Crippen LogP contribution >= 0.6 is 11.3 Å². The highest BCUT2D eigenvalue weighted by atomic mass is 32.2. The summed E-state index contributed by atoms with van der Waals surface area (Å²) < 4.78 is 36.6. The topological polar surface area (TPSA) is 119 Å². The lowest BCUT2D eigenvalue weighted by atomic mass is 10.2. The van der Waals surface area contributed by atoms with Gasteiger partial charge in [-0.15, -0.1) is 11.3 Å². The molecule has 1 aliphatic rings. The fraction of sp³-hybridized carbons (Fsp3) is 0.409. The lowest BCUT2D eigenvalue weighted by molar-refractivity contribution is -0.119. The van der Waals surface area contributed by atoms with E-state index in [9.17, 15) is 22.8 Å². The zero-order chi connectivity index (χ0) is 24.0. The number of amides is 1. The number of hydrogen-bond donors (Lipinski definition) is 1. The van der Waals surface area contributed by atoms with Crippen molar-refractivity contribution in [1.82, 2.24) is 4.31 Å². The molecule has 1 saturated heterocycles. The summed E-state index contributed by atoms with van der Waals surface area (Å²) in [6.45, 7) is 4.24. The van der Waals surface area contributed by atoms with E-state index < -0.39 is 34.5 Å². The Balaban J connectivity index is 1.59. The quantitative estimate of drug-likeness (QED) is 0.532. The van der Waals surface area contributed by atoms with Gasteiger partial charge in [0.15, 0.2) is 6.61 Å². The van der Waals surface area contributed by atoms with Crippen LogP contribution in [0.2, 0.25) is 0 Å². The largest absolute Gasteiger partial charge is 0.462 e. The molecule has 0 bridgehead atoms. The average molecular weight is 495 g/mol. The number of carbonyl (C=O) groups is 3. The molecule has 1 fully saturated rings. The third-order valence-corrected chi connectivity index (χ3v) is 8.11. The third kappa shape index (κ3) is 5.98. The summed E-state index contributed by atoms with van der Waals surface area (Å²) in [5, 5.41) is 2.92. The molecule has 0 unspecified atom stereocenters. The zero-order valence-corrected chi connectivity index (χ0v) is 20.1. The molecule has 0 radical (unpaired) electrons. The van der Waals surface area contributed by atoms with Gasteiger partial charge in [-0.25, -0.2) is 18.0 Å². The van der Waals surface area contributed by atoms with E-state index in [4.69, 9.17) is 9.47 Å². The molecular weight excluding hydrogens is 468 g/mol. The molecule has 33 heavy (non-hydrogen) atoms. The number of thiophene rings is 1. The molecule has 11 heteroatoms. The summed E-state index contributed by atoms with van der Waals surface area (Å²) in [5.41, 5.74) is 0.382. The van der Waals surface area contributed by atoms with Gasteiger partial charge in [-0.1, -0.05) is 6.92 Å². The predicted octanol–water partition coefficient (Wildman–Crippen LogP) is 3.07. The molecule has 0 saturated carbocycles. The van der Waals surface area contributed by atoms with E-state index in [-0.39, 0.29) is 22.6 Å². The number of carbonyl (C=O) groups excluding carboxylic acids is 3. The van der Waals surface area contributed by atoms with Gasteiger partial charge in [0.2, 0.25) is 10.0 Å². The fourth-order valence-electron chi connectivity index (χ4n) is 3.29. The Morgan fingerprint density at radius 1 is 1.03 bits per heavy atom. The van der Waals surface area contributed by atoms with E-state index in [1.807, 2.05) is 6.92 Å². The second-order valence-electron chi connectivity index (χ2n) is 7.29. The van der Waals surface area contributed by atoms with Crippen molar-refractivity contribution in [3.63, 3.8) is 0 Å². The second kappa shape index (κ2) is 10.9. The first-order chi connectivity index (χ1) is 15.8. The molecule has 1 aromatic carbocycles. The maximum atomic E-state index is 12.6. The van der Waals surface area contributed by atoms with Crippen molar-refractivity contribution in [1.29, 1.82) is 0 Å². The Labute approximate surface area is 196 Å². The van der Waals surface area contributed by atoms with Gasteiger partial charge in [-0.05, 0) is 56.5 Å². The van der Waals surface area contributed by atoms with E-state index in [2.05, 4.69) is 5.32 Å². The highest BCUT2D eigenvalue weighted by Gasteiger charge is 2.27. The minimum atomic E-state index is -3.58. The molecule has 1 aliphatic heterocycles. The summed E-state index contributed by atoms with van der Waals surface area (Å²) in [5.74, 6) is -1.90. The third-order valence-electron chi connectivity index (χ3n) is 5.01. The summed E-state index contributed by atoms with van der Waals surface area (Å²) in [4.78, 5) is 37.7. The van der Waals surface area contributed by atoms with Crippen LogP contribution in [0.5, 0.6) is 0 Å². The fourth-order valence-corrected chi connectivity index (χ4v) is 5.80. The number of rotatable bonds is 9. The van der Waals surface area contributed by atoms with Gasteiger partial charge in [0.1, 0.15) is 5.00 Å². The van der Waals surface area contributed by atoms with E-state index in [1.54, 1.807) is 13.0 Å². The molecule has 2 aromatic rings. The van der Waals surface area contributed by atoms with Crippen LogP contribution < -0.4 is 5.32 Å². The molecule has 1 amide bonds. The molecule has 0 atom stereocenters. The monoisotopic (exact) mass is 494 g/mol.